The van der Waals surface area contributed by atoms with Gasteiger partial charge < -0.3 is 11.1 Å². The molecule has 3 N–H and O–H groups in total. The van der Waals surface area contributed by atoms with E-state index >= 15 is 0 Å². The topological polar surface area (TPSA) is 55.1 Å². The normalized spacial score (nSPS) is 16.8. The van der Waals surface area contributed by atoms with E-state index in [0.717, 1.165) is 12.2 Å². The van der Waals surface area contributed by atoms with E-state index in [4.69, 9.17) is 5.73 Å². The van der Waals surface area contributed by atoms with Crippen molar-refractivity contribution in [2.75, 3.05) is 5.75 Å². The van der Waals surface area contributed by atoms with E-state index in [-0.39, 0.29) is 11.9 Å². The summed E-state index contributed by atoms with van der Waals surface area (Å²) in [5.74, 6) is 0.614. The summed E-state index contributed by atoms with van der Waals surface area (Å²) in [7, 11) is 0. The molecular formula is C17H26N2OS. The molecule has 0 saturated carbocycles. The quantitative estimate of drug-likeness (QED) is 0.762. The maximum Gasteiger partial charge on any atom is 0.237 e. The van der Waals surface area contributed by atoms with Crippen LogP contribution in [0.3, 0.4) is 0 Å². The van der Waals surface area contributed by atoms with Gasteiger partial charge in [0.15, 0.2) is 0 Å². The first kappa shape index (κ1) is 16.4. The number of nitrogens with one attached hydrogen (secondary N) is 1. The molecule has 1 amide bonds. The summed E-state index contributed by atoms with van der Waals surface area (Å²) in [5.41, 5.74) is 7.94. The lowest BCUT2D eigenvalue weighted by molar-refractivity contribution is -0.124. The molecule has 3 nitrogen and oxygen atoms in total. The van der Waals surface area contributed by atoms with Crippen molar-refractivity contribution in [2.24, 2.45) is 5.73 Å². The molecule has 116 valence electrons. The Kier molecular flexibility index (Phi) is 5.33. The summed E-state index contributed by atoms with van der Waals surface area (Å²) in [6, 6.07) is 7.01. The number of aryl methyl sites for hydroxylation is 2. The number of hydrogen-bond donors (Lipinski definition) is 2. The first-order chi connectivity index (χ1) is 9.90. The van der Waals surface area contributed by atoms with Crippen molar-refractivity contribution in [3.8, 4) is 0 Å². The van der Waals surface area contributed by atoms with Crippen molar-refractivity contribution in [1.29, 1.82) is 0 Å². The van der Waals surface area contributed by atoms with Crippen LogP contribution < -0.4 is 11.1 Å². The standard InChI is InChI=1S/C17H26N2OS/c1-12(2)19-17(3,16(18)20)9-10-21-15-8-7-13-5-4-6-14(13)11-15/h7-8,11-12,19H,4-6,9-10H2,1-3H3,(H2,18,20). The lowest BCUT2D eigenvalue weighted by atomic mass is 9.97. The van der Waals surface area contributed by atoms with Gasteiger partial charge in [-0.05, 0) is 69.7 Å². The van der Waals surface area contributed by atoms with Gasteiger partial charge in [-0.25, -0.2) is 0 Å². The number of carbonyl (C=O) groups excluding carboxylic acids is 1. The van der Waals surface area contributed by atoms with E-state index < -0.39 is 5.54 Å². The van der Waals surface area contributed by atoms with Crippen LogP contribution >= 0.6 is 11.8 Å². The molecule has 0 bridgehead atoms. The fraction of sp³-hybridized carbons (Fsp3) is 0.588. The van der Waals surface area contributed by atoms with Crippen LogP contribution in [-0.4, -0.2) is 23.2 Å². The van der Waals surface area contributed by atoms with E-state index in [1.165, 1.54) is 35.3 Å². The lowest BCUT2D eigenvalue weighted by Crippen LogP contribution is -2.55. The molecule has 1 aliphatic carbocycles. The summed E-state index contributed by atoms with van der Waals surface area (Å²) in [6.45, 7) is 5.97. The highest BCUT2D eigenvalue weighted by molar-refractivity contribution is 7.99. The Labute approximate surface area is 132 Å². The SMILES string of the molecule is CC(C)NC(C)(CCSc1ccc2c(c1)CCC2)C(N)=O. The molecule has 0 saturated heterocycles. The van der Waals surface area contributed by atoms with E-state index in [9.17, 15) is 4.79 Å². The van der Waals surface area contributed by atoms with Crippen LogP contribution in [0.1, 0.15) is 44.7 Å². The van der Waals surface area contributed by atoms with Crippen molar-refractivity contribution in [3.63, 3.8) is 0 Å². The first-order valence-corrected chi connectivity index (χ1v) is 8.71. The number of hydrogen-bond acceptors (Lipinski definition) is 3. The Morgan fingerprint density at radius 1 is 1.38 bits per heavy atom. The molecule has 1 unspecified atom stereocenters. The fourth-order valence-electron chi connectivity index (χ4n) is 2.91. The van der Waals surface area contributed by atoms with Crippen LogP contribution in [0.2, 0.25) is 0 Å². The molecule has 0 spiro atoms. The van der Waals surface area contributed by atoms with Crippen molar-refractivity contribution in [3.05, 3.63) is 29.3 Å². The predicted molar refractivity (Wildman–Crippen MR) is 89.7 cm³/mol. The van der Waals surface area contributed by atoms with Crippen molar-refractivity contribution in [2.45, 2.75) is 62.9 Å². The van der Waals surface area contributed by atoms with Crippen LogP contribution in [0, 0.1) is 0 Å². The fourth-order valence-corrected chi connectivity index (χ4v) is 4.05. The van der Waals surface area contributed by atoms with E-state index in [1.807, 2.05) is 32.5 Å². The van der Waals surface area contributed by atoms with E-state index in [0.29, 0.717) is 0 Å². The number of primary amides is 1. The van der Waals surface area contributed by atoms with Crippen molar-refractivity contribution >= 4 is 17.7 Å². The third-order valence-corrected chi connectivity index (χ3v) is 5.09. The molecular weight excluding hydrogens is 280 g/mol. The number of rotatable bonds is 7. The highest BCUT2D eigenvalue weighted by Crippen LogP contribution is 2.28. The Morgan fingerprint density at radius 2 is 2.10 bits per heavy atom. The second kappa shape index (κ2) is 6.84. The highest BCUT2D eigenvalue weighted by Gasteiger charge is 2.30. The highest BCUT2D eigenvalue weighted by atomic mass is 32.2. The van der Waals surface area contributed by atoms with Gasteiger partial charge in [0, 0.05) is 16.7 Å². The van der Waals surface area contributed by atoms with Gasteiger partial charge in [-0.1, -0.05) is 6.07 Å². The Hall–Kier alpha value is -1.00. The zero-order valence-corrected chi connectivity index (χ0v) is 14.1. The third-order valence-electron chi connectivity index (χ3n) is 4.09. The van der Waals surface area contributed by atoms with Crippen LogP contribution in [0.4, 0.5) is 0 Å². The lowest BCUT2D eigenvalue weighted by Gasteiger charge is -2.29. The summed E-state index contributed by atoms with van der Waals surface area (Å²) < 4.78 is 0. The molecule has 0 aliphatic heterocycles. The molecule has 1 aliphatic rings. The van der Waals surface area contributed by atoms with Gasteiger partial charge in [-0.2, -0.15) is 0 Å². The largest absolute Gasteiger partial charge is 0.368 e. The molecule has 1 aromatic carbocycles. The molecule has 1 atom stereocenters. The van der Waals surface area contributed by atoms with Crippen molar-refractivity contribution in [1.82, 2.24) is 5.32 Å². The monoisotopic (exact) mass is 306 g/mol. The molecule has 4 heteroatoms. The number of fused-ring (bicyclic) bond motifs is 1. The molecule has 0 fully saturated rings. The second-order valence-corrected chi connectivity index (χ2v) is 7.55. The minimum atomic E-state index is -0.627. The number of carbonyl (C=O) groups is 1. The Morgan fingerprint density at radius 3 is 2.76 bits per heavy atom. The van der Waals surface area contributed by atoms with E-state index in [2.05, 4.69) is 23.5 Å². The van der Waals surface area contributed by atoms with Crippen LogP contribution in [0.5, 0.6) is 0 Å². The zero-order valence-electron chi connectivity index (χ0n) is 13.2. The van der Waals surface area contributed by atoms with Gasteiger partial charge in [0.2, 0.25) is 5.91 Å². The number of thioether (sulfide) groups is 1. The van der Waals surface area contributed by atoms with Gasteiger partial charge in [-0.15, -0.1) is 11.8 Å². The van der Waals surface area contributed by atoms with Gasteiger partial charge >= 0.3 is 0 Å². The summed E-state index contributed by atoms with van der Waals surface area (Å²) in [6.07, 6.45) is 4.44. The second-order valence-electron chi connectivity index (χ2n) is 6.38. The first-order valence-electron chi connectivity index (χ1n) is 7.73. The smallest absolute Gasteiger partial charge is 0.237 e. The van der Waals surface area contributed by atoms with Crippen LogP contribution in [-0.2, 0) is 17.6 Å². The van der Waals surface area contributed by atoms with Gasteiger partial charge in [0.25, 0.3) is 0 Å². The minimum Gasteiger partial charge on any atom is -0.368 e. The maximum absolute atomic E-state index is 11.7. The minimum absolute atomic E-state index is 0.243. The molecule has 2 rings (SSSR count). The maximum atomic E-state index is 11.7. The Balaban J connectivity index is 1.92. The van der Waals surface area contributed by atoms with E-state index in [1.54, 1.807) is 0 Å². The van der Waals surface area contributed by atoms with Crippen LogP contribution in [0.25, 0.3) is 0 Å². The summed E-state index contributed by atoms with van der Waals surface area (Å²) in [4.78, 5) is 13.0. The average Bonchev–Trinajstić information content (AvgIpc) is 2.85. The van der Waals surface area contributed by atoms with Gasteiger partial charge in [-0.3, -0.25) is 4.79 Å². The number of nitrogens with two attached hydrogens (primary N) is 1. The number of benzene rings is 1. The predicted octanol–water partition coefficient (Wildman–Crippen LogP) is 2.90. The van der Waals surface area contributed by atoms with Gasteiger partial charge in [0.1, 0.15) is 0 Å². The molecule has 1 aromatic rings. The average molecular weight is 306 g/mol. The molecule has 0 heterocycles. The Bertz CT molecular complexity index is 516. The molecule has 21 heavy (non-hydrogen) atoms. The summed E-state index contributed by atoms with van der Waals surface area (Å²) in [5, 5.41) is 3.30. The third kappa shape index (κ3) is 4.24. The molecule has 0 radical (unpaired) electrons. The summed E-state index contributed by atoms with van der Waals surface area (Å²) >= 11 is 1.81. The number of amides is 1. The zero-order chi connectivity index (χ0) is 15.5. The van der Waals surface area contributed by atoms with Crippen LogP contribution in [0.15, 0.2) is 23.1 Å². The molecule has 0 aromatic heterocycles. The van der Waals surface area contributed by atoms with Gasteiger partial charge in [0.05, 0.1) is 5.54 Å². The van der Waals surface area contributed by atoms with Crippen molar-refractivity contribution < 1.29 is 4.79 Å².